The van der Waals surface area contributed by atoms with Crippen molar-refractivity contribution in [1.29, 1.82) is 0 Å². The Morgan fingerprint density at radius 3 is 2.67 bits per heavy atom. The number of nitrogens with zero attached hydrogens (tertiary/aromatic N) is 1. The first-order valence-electron chi connectivity index (χ1n) is 5.98. The van der Waals surface area contributed by atoms with E-state index in [1.165, 1.54) is 12.1 Å². The minimum Gasteiger partial charge on any atom is -0.372 e. The number of benzene rings is 1. The van der Waals surface area contributed by atoms with Crippen molar-refractivity contribution in [1.82, 2.24) is 9.97 Å². The molecule has 0 fully saturated rings. The lowest BCUT2D eigenvalue weighted by Gasteiger charge is -2.06. The Balaban J connectivity index is 2.06. The number of ether oxygens (including phenoxy) is 1. The average molecular weight is 322 g/mol. The fourth-order valence-corrected chi connectivity index (χ4v) is 2.39. The van der Waals surface area contributed by atoms with E-state index < -0.39 is 22.6 Å². The zero-order chi connectivity index (χ0) is 15.7. The maximum Gasteiger partial charge on any atom is 0.411 e. The largest absolute Gasteiger partial charge is 0.411 e. The fraction of sp³-hybridized carbons (Fsp3) is 0.417. The minimum absolute atomic E-state index is 0.127. The molecule has 21 heavy (non-hydrogen) atoms. The van der Waals surface area contributed by atoms with Crippen molar-refractivity contribution in [2.45, 2.75) is 17.5 Å². The van der Waals surface area contributed by atoms with Crippen molar-refractivity contribution in [3.05, 3.63) is 24.0 Å². The van der Waals surface area contributed by atoms with Gasteiger partial charge in [-0.05, 0) is 18.2 Å². The topological polar surface area (TPSA) is 72.1 Å². The van der Waals surface area contributed by atoms with E-state index in [4.69, 9.17) is 0 Å². The molecule has 116 valence electrons. The summed E-state index contributed by atoms with van der Waals surface area (Å²) in [6.45, 7) is -1.43. The van der Waals surface area contributed by atoms with Gasteiger partial charge >= 0.3 is 6.18 Å². The highest BCUT2D eigenvalue weighted by molar-refractivity contribution is 7.90. The number of imidazole rings is 1. The lowest BCUT2D eigenvalue weighted by atomic mass is 10.3. The van der Waals surface area contributed by atoms with Gasteiger partial charge in [-0.2, -0.15) is 13.2 Å². The third-order valence-corrected chi connectivity index (χ3v) is 3.79. The molecule has 0 aliphatic carbocycles. The summed E-state index contributed by atoms with van der Waals surface area (Å²) in [5.74, 6) is 0.442. The normalized spacial score (nSPS) is 13.0. The number of hydrogen-bond acceptors (Lipinski definition) is 4. The van der Waals surface area contributed by atoms with Crippen LogP contribution in [0.4, 0.5) is 13.2 Å². The maximum atomic E-state index is 11.9. The zero-order valence-corrected chi connectivity index (χ0v) is 11.9. The molecule has 0 spiro atoms. The van der Waals surface area contributed by atoms with E-state index in [0.29, 0.717) is 16.9 Å². The van der Waals surface area contributed by atoms with E-state index in [0.717, 1.165) is 6.26 Å². The van der Waals surface area contributed by atoms with Gasteiger partial charge in [0.25, 0.3) is 0 Å². The Bertz CT molecular complexity index is 738. The van der Waals surface area contributed by atoms with Crippen molar-refractivity contribution in [2.24, 2.45) is 0 Å². The Labute approximate surface area is 119 Å². The van der Waals surface area contributed by atoms with Gasteiger partial charge in [-0.1, -0.05) is 0 Å². The van der Waals surface area contributed by atoms with E-state index in [-0.39, 0.29) is 17.9 Å². The number of aromatic nitrogens is 2. The smallest absolute Gasteiger partial charge is 0.372 e. The second kappa shape index (κ2) is 5.64. The second-order valence-electron chi connectivity index (χ2n) is 4.55. The molecule has 0 aliphatic rings. The number of alkyl halides is 3. The number of aromatic amines is 1. The third-order valence-electron chi connectivity index (χ3n) is 2.68. The van der Waals surface area contributed by atoms with Crippen LogP contribution in [0.25, 0.3) is 11.0 Å². The molecule has 0 unspecified atom stereocenters. The van der Waals surface area contributed by atoms with Gasteiger partial charge in [0, 0.05) is 12.7 Å². The minimum atomic E-state index is -4.35. The van der Waals surface area contributed by atoms with Gasteiger partial charge in [-0.25, -0.2) is 13.4 Å². The van der Waals surface area contributed by atoms with E-state index in [1.54, 1.807) is 6.07 Å². The summed E-state index contributed by atoms with van der Waals surface area (Å²) < 4.78 is 63.0. The Hall–Kier alpha value is -1.61. The van der Waals surface area contributed by atoms with Crippen LogP contribution in [0, 0.1) is 0 Å². The molecule has 2 aromatic rings. The number of hydrogen-bond donors (Lipinski definition) is 1. The van der Waals surface area contributed by atoms with E-state index in [1.807, 2.05) is 0 Å². The van der Waals surface area contributed by atoms with Gasteiger partial charge in [0.05, 0.1) is 22.5 Å². The van der Waals surface area contributed by atoms with E-state index >= 15 is 0 Å². The van der Waals surface area contributed by atoms with Crippen LogP contribution in [-0.4, -0.2) is 44.0 Å². The monoisotopic (exact) mass is 322 g/mol. The van der Waals surface area contributed by atoms with Gasteiger partial charge in [0.2, 0.25) is 0 Å². The van der Waals surface area contributed by atoms with Gasteiger partial charge < -0.3 is 9.72 Å². The molecule has 1 heterocycles. The third kappa shape index (κ3) is 4.43. The Morgan fingerprint density at radius 2 is 2.05 bits per heavy atom. The number of halogens is 3. The Kier molecular flexibility index (Phi) is 4.24. The number of nitrogens with one attached hydrogen (secondary N) is 1. The standard InChI is InChI=1S/C12H13F3N2O3S/c1-21(18,19)8-2-3-9-10(6-8)17-11(16-9)4-5-20-7-12(13,14)15/h2-3,6H,4-5,7H2,1H3,(H,16,17). The molecule has 5 nitrogen and oxygen atoms in total. The molecule has 0 saturated heterocycles. The van der Waals surface area contributed by atoms with Crippen molar-refractivity contribution < 1.29 is 26.3 Å². The average Bonchev–Trinajstić information content (AvgIpc) is 2.74. The first kappa shape index (κ1) is 15.8. The summed E-state index contributed by atoms with van der Waals surface area (Å²) in [6, 6.07) is 4.42. The molecular formula is C12H13F3N2O3S. The van der Waals surface area contributed by atoms with Crippen LogP contribution < -0.4 is 0 Å². The van der Waals surface area contributed by atoms with Crippen molar-refractivity contribution in [3.8, 4) is 0 Å². The first-order valence-corrected chi connectivity index (χ1v) is 7.87. The van der Waals surface area contributed by atoms with Gasteiger partial charge in [-0.15, -0.1) is 0 Å². The first-order chi connectivity index (χ1) is 9.65. The lowest BCUT2D eigenvalue weighted by Crippen LogP contribution is -2.18. The summed E-state index contributed by atoms with van der Waals surface area (Å²) in [5.41, 5.74) is 1.07. The lowest BCUT2D eigenvalue weighted by molar-refractivity contribution is -0.173. The molecule has 0 amide bonds. The second-order valence-corrected chi connectivity index (χ2v) is 6.57. The highest BCUT2D eigenvalue weighted by Crippen LogP contribution is 2.18. The predicted octanol–water partition coefficient (Wildman–Crippen LogP) is 2.09. The van der Waals surface area contributed by atoms with Crippen LogP contribution >= 0.6 is 0 Å². The van der Waals surface area contributed by atoms with Gasteiger partial charge in [0.1, 0.15) is 12.4 Å². The summed E-state index contributed by atoms with van der Waals surface area (Å²) in [6.07, 6.45) is -3.08. The predicted molar refractivity (Wildman–Crippen MR) is 69.8 cm³/mol. The zero-order valence-electron chi connectivity index (χ0n) is 11.1. The van der Waals surface area contributed by atoms with Crippen molar-refractivity contribution in [2.75, 3.05) is 19.5 Å². The van der Waals surface area contributed by atoms with Gasteiger partial charge in [-0.3, -0.25) is 0 Å². The molecule has 0 atom stereocenters. The molecule has 0 radical (unpaired) electrons. The molecular weight excluding hydrogens is 309 g/mol. The van der Waals surface area contributed by atoms with Gasteiger partial charge in [0.15, 0.2) is 9.84 Å². The molecule has 1 aromatic heterocycles. The van der Waals surface area contributed by atoms with Crippen LogP contribution in [0.1, 0.15) is 5.82 Å². The number of H-pyrrole nitrogens is 1. The Morgan fingerprint density at radius 1 is 1.33 bits per heavy atom. The fourth-order valence-electron chi connectivity index (χ4n) is 1.75. The van der Waals surface area contributed by atoms with E-state index in [2.05, 4.69) is 14.7 Å². The summed E-state index contributed by atoms with van der Waals surface area (Å²) in [5, 5.41) is 0. The number of rotatable bonds is 5. The summed E-state index contributed by atoms with van der Waals surface area (Å²) >= 11 is 0. The number of fused-ring (bicyclic) bond motifs is 1. The van der Waals surface area contributed by atoms with Crippen molar-refractivity contribution >= 4 is 20.9 Å². The van der Waals surface area contributed by atoms with Crippen LogP contribution in [0.15, 0.2) is 23.1 Å². The molecule has 1 aromatic carbocycles. The molecule has 0 bridgehead atoms. The molecule has 9 heteroatoms. The maximum absolute atomic E-state index is 11.9. The summed E-state index contributed by atoms with van der Waals surface area (Å²) in [4.78, 5) is 7.18. The van der Waals surface area contributed by atoms with E-state index in [9.17, 15) is 21.6 Å². The molecule has 1 N–H and O–H groups in total. The van der Waals surface area contributed by atoms with Crippen LogP contribution in [0.3, 0.4) is 0 Å². The van der Waals surface area contributed by atoms with Crippen LogP contribution in [0.2, 0.25) is 0 Å². The molecule has 0 saturated carbocycles. The molecule has 0 aliphatic heterocycles. The highest BCUT2D eigenvalue weighted by Gasteiger charge is 2.27. The van der Waals surface area contributed by atoms with Crippen LogP contribution in [-0.2, 0) is 21.0 Å². The summed E-state index contributed by atoms with van der Waals surface area (Å²) in [7, 11) is -3.32. The quantitative estimate of drug-likeness (QED) is 0.856. The molecule has 2 rings (SSSR count). The SMILES string of the molecule is CS(=O)(=O)c1ccc2nc(CCOCC(F)(F)F)[nH]c2c1. The van der Waals surface area contributed by atoms with Crippen LogP contribution in [0.5, 0.6) is 0 Å². The number of sulfone groups is 1. The highest BCUT2D eigenvalue weighted by atomic mass is 32.2. The van der Waals surface area contributed by atoms with Crippen molar-refractivity contribution in [3.63, 3.8) is 0 Å².